The Labute approximate surface area is 146 Å². The third-order valence-electron chi connectivity index (χ3n) is 3.25. The Hall–Kier alpha value is 0.390. The summed E-state index contributed by atoms with van der Waals surface area (Å²) in [4.78, 5) is 11.4. The molecule has 20 heavy (non-hydrogen) atoms. The third kappa shape index (κ3) is 16.4. The minimum absolute atomic E-state index is 0. The maximum absolute atomic E-state index is 11.4. The van der Waals surface area contributed by atoms with Crippen molar-refractivity contribution in [1.29, 1.82) is 0 Å². The largest absolute Gasteiger partial charge is 0.394 e. The summed E-state index contributed by atoms with van der Waals surface area (Å²) in [7, 11) is 0. The van der Waals surface area contributed by atoms with Gasteiger partial charge in [0.15, 0.2) is 0 Å². The van der Waals surface area contributed by atoms with Crippen LogP contribution in [0.2, 0.25) is 0 Å². The molecule has 3 N–H and O–H groups in total. The molecular formula is C15H31NNaO3. The fourth-order valence-corrected chi connectivity index (χ4v) is 1.98. The van der Waals surface area contributed by atoms with Gasteiger partial charge in [-0.15, -0.1) is 0 Å². The maximum atomic E-state index is 11.4. The van der Waals surface area contributed by atoms with E-state index in [0.29, 0.717) is 6.42 Å². The van der Waals surface area contributed by atoms with Crippen molar-refractivity contribution in [3.05, 3.63) is 0 Å². The van der Waals surface area contributed by atoms with Crippen LogP contribution in [0.1, 0.15) is 71.1 Å². The molecule has 0 bridgehead atoms. The van der Waals surface area contributed by atoms with Crippen molar-refractivity contribution in [2.24, 2.45) is 0 Å². The fraction of sp³-hybridized carbons (Fsp3) is 0.933. The molecule has 0 aromatic carbocycles. The molecule has 0 aromatic rings. The van der Waals surface area contributed by atoms with Gasteiger partial charge in [0.05, 0.1) is 12.7 Å². The van der Waals surface area contributed by atoms with Crippen LogP contribution >= 0.6 is 0 Å². The molecule has 115 valence electrons. The Bertz CT molecular complexity index is 215. The van der Waals surface area contributed by atoms with Crippen LogP contribution in [-0.2, 0) is 4.79 Å². The minimum Gasteiger partial charge on any atom is -0.394 e. The monoisotopic (exact) mass is 296 g/mol. The van der Waals surface area contributed by atoms with Crippen molar-refractivity contribution >= 4 is 35.5 Å². The number of carbonyl (C=O) groups is 1. The summed E-state index contributed by atoms with van der Waals surface area (Å²) in [6.45, 7) is 2.07. The summed E-state index contributed by atoms with van der Waals surface area (Å²) < 4.78 is 0. The van der Waals surface area contributed by atoms with E-state index in [9.17, 15) is 4.79 Å². The van der Waals surface area contributed by atoms with Crippen LogP contribution in [0.3, 0.4) is 0 Å². The van der Waals surface area contributed by atoms with Crippen LogP contribution in [0.25, 0.3) is 0 Å². The van der Waals surface area contributed by atoms with Crippen molar-refractivity contribution < 1.29 is 15.0 Å². The van der Waals surface area contributed by atoms with Crippen LogP contribution in [0, 0.1) is 0 Å². The van der Waals surface area contributed by atoms with E-state index in [-0.39, 0.29) is 48.6 Å². The molecule has 0 spiro atoms. The zero-order chi connectivity index (χ0) is 14.3. The first-order valence-corrected chi connectivity index (χ1v) is 7.76. The number of carbonyl (C=O) groups excluding carboxylic acids is 1. The topological polar surface area (TPSA) is 69.6 Å². The van der Waals surface area contributed by atoms with Crippen molar-refractivity contribution in [3.63, 3.8) is 0 Å². The van der Waals surface area contributed by atoms with E-state index >= 15 is 0 Å². The van der Waals surface area contributed by atoms with E-state index in [2.05, 4.69) is 12.2 Å². The average Bonchev–Trinajstić information content (AvgIpc) is 2.42. The molecule has 0 aromatic heterocycles. The summed E-state index contributed by atoms with van der Waals surface area (Å²) in [6, 6.07) is 0. The van der Waals surface area contributed by atoms with Crippen molar-refractivity contribution in [2.75, 3.05) is 13.2 Å². The van der Waals surface area contributed by atoms with E-state index < -0.39 is 6.10 Å². The maximum Gasteiger partial charge on any atom is 0.220 e. The Morgan fingerprint density at radius 3 is 2.00 bits per heavy atom. The fourth-order valence-electron chi connectivity index (χ4n) is 1.98. The molecule has 0 aliphatic rings. The molecule has 0 heterocycles. The Kier molecular flexibility index (Phi) is 19.8. The van der Waals surface area contributed by atoms with Crippen LogP contribution < -0.4 is 5.32 Å². The van der Waals surface area contributed by atoms with Gasteiger partial charge < -0.3 is 15.5 Å². The van der Waals surface area contributed by atoms with Gasteiger partial charge in [0, 0.05) is 42.5 Å². The zero-order valence-corrected chi connectivity index (χ0v) is 15.4. The van der Waals surface area contributed by atoms with Crippen LogP contribution in [0.4, 0.5) is 0 Å². The average molecular weight is 296 g/mol. The second kappa shape index (κ2) is 17.4. The van der Waals surface area contributed by atoms with Gasteiger partial charge in [-0.3, -0.25) is 4.79 Å². The third-order valence-corrected chi connectivity index (χ3v) is 3.25. The molecule has 0 saturated heterocycles. The summed E-state index contributed by atoms with van der Waals surface area (Å²) >= 11 is 0. The van der Waals surface area contributed by atoms with E-state index in [1.807, 2.05) is 0 Å². The first-order valence-electron chi connectivity index (χ1n) is 7.76. The number of nitrogens with one attached hydrogen (secondary N) is 1. The summed E-state index contributed by atoms with van der Waals surface area (Å²) in [5.74, 6) is -0.0320. The van der Waals surface area contributed by atoms with Gasteiger partial charge in [-0.05, 0) is 6.42 Å². The normalized spacial score (nSPS) is 11.8. The molecule has 1 amide bonds. The van der Waals surface area contributed by atoms with Crippen molar-refractivity contribution in [2.45, 2.75) is 77.2 Å². The molecular weight excluding hydrogens is 265 g/mol. The second-order valence-corrected chi connectivity index (χ2v) is 5.22. The molecule has 1 radical (unpaired) electrons. The molecule has 0 aliphatic carbocycles. The van der Waals surface area contributed by atoms with Gasteiger partial charge in [0.2, 0.25) is 5.91 Å². The predicted octanol–water partition coefficient (Wildman–Crippen LogP) is 2.00. The minimum atomic E-state index is -0.841. The second-order valence-electron chi connectivity index (χ2n) is 5.22. The SMILES string of the molecule is CCCCCCCCCCCC(=O)NCC(O)CO.[Na]. The molecule has 4 nitrogen and oxygen atoms in total. The predicted molar refractivity (Wildman–Crippen MR) is 83.7 cm³/mol. The van der Waals surface area contributed by atoms with Crippen LogP contribution in [0.15, 0.2) is 0 Å². The van der Waals surface area contributed by atoms with E-state index in [1.165, 1.54) is 44.9 Å². The van der Waals surface area contributed by atoms with Crippen molar-refractivity contribution in [3.8, 4) is 0 Å². The van der Waals surface area contributed by atoms with Crippen molar-refractivity contribution in [1.82, 2.24) is 5.32 Å². The first kappa shape index (κ1) is 22.7. The molecule has 1 unspecified atom stereocenters. The number of rotatable bonds is 13. The number of aliphatic hydroxyl groups excluding tert-OH is 2. The summed E-state index contributed by atoms with van der Waals surface area (Å²) in [5, 5.41) is 20.3. The molecule has 0 aliphatic heterocycles. The molecule has 5 heteroatoms. The van der Waals surface area contributed by atoms with Gasteiger partial charge in [-0.1, -0.05) is 58.3 Å². The molecule has 1 atom stereocenters. The van der Waals surface area contributed by atoms with E-state index in [1.54, 1.807) is 0 Å². The van der Waals surface area contributed by atoms with Gasteiger partial charge in [-0.2, -0.15) is 0 Å². The number of aliphatic hydroxyl groups is 2. The van der Waals surface area contributed by atoms with Crippen LogP contribution in [-0.4, -0.2) is 64.9 Å². The molecule has 0 rings (SSSR count). The number of hydrogen-bond donors (Lipinski definition) is 3. The zero-order valence-electron chi connectivity index (χ0n) is 13.4. The first-order chi connectivity index (χ1) is 9.20. The van der Waals surface area contributed by atoms with Gasteiger partial charge >= 0.3 is 0 Å². The Morgan fingerprint density at radius 1 is 1.00 bits per heavy atom. The van der Waals surface area contributed by atoms with Gasteiger partial charge in [0.1, 0.15) is 0 Å². The molecule has 0 saturated carbocycles. The number of amides is 1. The number of hydrogen-bond acceptors (Lipinski definition) is 3. The van der Waals surface area contributed by atoms with Gasteiger partial charge in [0.25, 0.3) is 0 Å². The quantitative estimate of drug-likeness (QED) is 0.360. The van der Waals surface area contributed by atoms with Crippen LogP contribution in [0.5, 0.6) is 0 Å². The summed E-state index contributed by atoms with van der Waals surface area (Å²) in [5.41, 5.74) is 0. The van der Waals surface area contributed by atoms with E-state index in [0.717, 1.165) is 12.8 Å². The Morgan fingerprint density at radius 2 is 1.50 bits per heavy atom. The summed E-state index contributed by atoms with van der Waals surface area (Å²) in [6.07, 6.45) is 10.8. The molecule has 0 fully saturated rings. The smallest absolute Gasteiger partial charge is 0.220 e. The van der Waals surface area contributed by atoms with E-state index in [4.69, 9.17) is 10.2 Å². The Balaban J connectivity index is 0. The van der Waals surface area contributed by atoms with Gasteiger partial charge in [-0.25, -0.2) is 0 Å². The number of unbranched alkanes of at least 4 members (excludes halogenated alkanes) is 8. The standard InChI is InChI=1S/C15H31NO3.Na/c1-2-3-4-5-6-7-8-9-10-11-15(19)16-12-14(18)13-17;/h14,17-18H,2-13H2,1H3,(H,16,19);.